The molecule has 3 atom stereocenters. The summed E-state index contributed by atoms with van der Waals surface area (Å²) in [6, 6.07) is 4.54. The summed E-state index contributed by atoms with van der Waals surface area (Å²) in [5, 5.41) is 2.50. The van der Waals surface area contributed by atoms with Crippen molar-refractivity contribution in [1.29, 1.82) is 0 Å². The van der Waals surface area contributed by atoms with Crippen molar-refractivity contribution in [3.63, 3.8) is 0 Å². The number of hydrogen-bond donors (Lipinski definition) is 1. The molecule has 1 N–H and O–H groups in total. The minimum atomic E-state index is -1.05. The zero-order valence-corrected chi connectivity index (χ0v) is 20.9. The number of carbonyl (C=O) groups is 3. The van der Waals surface area contributed by atoms with Crippen LogP contribution in [0, 0.1) is 18.7 Å². The van der Waals surface area contributed by atoms with Crippen molar-refractivity contribution in [2.75, 3.05) is 7.11 Å². The number of nitrogens with zero attached hydrogens (tertiary/aromatic N) is 1. The summed E-state index contributed by atoms with van der Waals surface area (Å²) in [7, 11) is 1.35. The van der Waals surface area contributed by atoms with E-state index in [0.717, 1.165) is 0 Å². The van der Waals surface area contributed by atoms with Crippen LogP contribution in [0.4, 0.5) is 4.39 Å². The van der Waals surface area contributed by atoms with E-state index >= 15 is 0 Å². The second kappa shape index (κ2) is 12.1. The second-order valence-electron chi connectivity index (χ2n) is 8.36. The van der Waals surface area contributed by atoms with Gasteiger partial charge < -0.3 is 24.3 Å². The number of amides is 1. The van der Waals surface area contributed by atoms with Crippen molar-refractivity contribution in [1.82, 2.24) is 10.3 Å². The van der Waals surface area contributed by atoms with Crippen LogP contribution in [0.15, 0.2) is 30.5 Å². The van der Waals surface area contributed by atoms with E-state index < -0.39 is 36.1 Å². The third-order valence-electron chi connectivity index (χ3n) is 5.07. The number of esters is 2. The third-order valence-corrected chi connectivity index (χ3v) is 5.07. The van der Waals surface area contributed by atoms with Gasteiger partial charge in [-0.2, -0.15) is 0 Å². The summed E-state index contributed by atoms with van der Waals surface area (Å²) in [6.45, 7) is 9.83. The summed E-state index contributed by atoms with van der Waals surface area (Å²) < 4.78 is 35.2. The molecule has 0 aliphatic carbocycles. The van der Waals surface area contributed by atoms with Crippen molar-refractivity contribution >= 4 is 17.8 Å². The largest absolute Gasteiger partial charge is 0.493 e. The summed E-state index contributed by atoms with van der Waals surface area (Å²) in [6.07, 6.45) is 0.106. The number of pyridine rings is 1. The molecule has 10 heteroatoms. The molecule has 0 bridgehead atoms. The second-order valence-corrected chi connectivity index (χ2v) is 8.36. The van der Waals surface area contributed by atoms with Gasteiger partial charge >= 0.3 is 11.9 Å². The van der Waals surface area contributed by atoms with Gasteiger partial charge in [-0.1, -0.05) is 13.8 Å². The Kier molecular flexibility index (Phi) is 9.56. The molecule has 2 rings (SSSR count). The number of aryl methyl sites for hydroxylation is 1. The zero-order chi connectivity index (χ0) is 26.3. The Labute approximate surface area is 203 Å². The van der Waals surface area contributed by atoms with Crippen molar-refractivity contribution in [2.24, 2.45) is 5.92 Å². The number of carbonyl (C=O) groups excluding carboxylic acids is 3. The maximum Gasteiger partial charge on any atom is 0.328 e. The molecular weight excluding hydrogens is 459 g/mol. The molecule has 1 aromatic carbocycles. The molecule has 0 aliphatic heterocycles. The lowest BCUT2D eigenvalue weighted by Gasteiger charge is -2.29. The topological polar surface area (TPSA) is 113 Å². The van der Waals surface area contributed by atoms with Crippen LogP contribution >= 0.6 is 0 Å². The van der Waals surface area contributed by atoms with Crippen molar-refractivity contribution < 1.29 is 37.7 Å². The Hall–Kier alpha value is -3.69. The van der Waals surface area contributed by atoms with Crippen LogP contribution in [0.25, 0.3) is 0 Å². The highest BCUT2D eigenvalue weighted by atomic mass is 19.1. The maximum atomic E-state index is 13.4. The van der Waals surface area contributed by atoms with Gasteiger partial charge in [-0.3, -0.25) is 9.59 Å². The lowest BCUT2D eigenvalue weighted by Crippen LogP contribution is -2.45. The van der Waals surface area contributed by atoms with Crippen LogP contribution in [0.3, 0.4) is 0 Å². The van der Waals surface area contributed by atoms with E-state index in [4.69, 9.17) is 18.9 Å². The van der Waals surface area contributed by atoms with E-state index in [-0.39, 0.29) is 28.9 Å². The number of ether oxygens (including phenoxy) is 4. The van der Waals surface area contributed by atoms with Crippen LogP contribution in [-0.2, 0) is 14.3 Å². The van der Waals surface area contributed by atoms with E-state index in [1.165, 1.54) is 51.4 Å². The first-order chi connectivity index (χ1) is 16.4. The Balaban J connectivity index is 2.12. The highest BCUT2D eigenvalue weighted by Crippen LogP contribution is 2.30. The number of methoxy groups -OCH3 is 1. The molecule has 0 spiro atoms. The molecule has 190 valence electrons. The minimum Gasteiger partial charge on any atom is -0.493 e. The Morgan fingerprint density at radius 3 is 2.31 bits per heavy atom. The molecule has 35 heavy (non-hydrogen) atoms. The number of halogens is 1. The Morgan fingerprint density at radius 1 is 1.06 bits per heavy atom. The number of nitrogens with one attached hydrogen (secondary N) is 1. The highest BCUT2D eigenvalue weighted by Gasteiger charge is 2.30. The predicted octanol–water partition coefficient (Wildman–Crippen LogP) is 3.62. The Bertz CT molecular complexity index is 1070. The van der Waals surface area contributed by atoms with Crippen LogP contribution in [0.5, 0.6) is 17.2 Å². The highest BCUT2D eigenvalue weighted by molar-refractivity contribution is 5.98. The third kappa shape index (κ3) is 7.40. The number of rotatable bonds is 10. The molecule has 0 radical (unpaired) electrons. The standard InChI is InChI=1S/C25H31FN2O7/c1-13(2)22(16(5)33-19-9-8-18(26)12-14(19)3)35-25(31)15(4)28-24(30)21-23(34-17(6)29)20(32-7)10-11-27-21/h8-13,15-16,22H,1-7H3,(H,28,30)/t15-,16-,22?/m0/s1. The lowest BCUT2D eigenvalue weighted by molar-refractivity contribution is -0.158. The normalized spacial score (nSPS) is 13.4. The smallest absolute Gasteiger partial charge is 0.328 e. The van der Waals surface area contributed by atoms with E-state index in [2.05, 4.69) is 10.3 Å². The number of hydrogen-bond acceptors (Lipinski definition) is 8. The SMILES string of the molecule is COc1ccnc(C(=O)N[C@@H](C)C(=O)OC(C(C)C)[C@H](C)Oc2ccc(F)cc2C)c1OC(C)=O. The first-order valence-electron chi connectivity index (χ1n) is 11.1. The fourth-order valence-electron chi connectivity index (χ4n) is 3.34. The quantitative estimate of drug-likeness (QED) is 0.503. The summed E-state index contributed by atoms with van der Waals surface area (Å²) in [4.78, 5) is 41.0. The van der Waals surface area contributed by atoms with Gasteiger partial charge in [0.15, 0.2) is 11.4 Å². The van der Waals surface area contributed by atoms with Gasteiger partial charge in [0.25, 0.3) is 5.91 Å². The Morgan fingerprint density at radius 2 is 1.74 bits per heavy atom. The van der Waals surface area contributed by atoms with E-state index in [1.807, 2.05) is 13.8 Å². The fraction of sp³-hybridized carbons (Fsp3) is 0.440. The zero-order valence-electron chi connectivity index (χ0n) is 20.9. The van der Waals surface area contributed by atoms with Gasteiger partial charge in [0.2, 0.25) is 5.75 Å². The van der Waals surface area contributed by atoms with Gasteiger partial charge in [0.05, 0.1) is 7.11 Å². The van der Waals surface area contributed by atoms with Gasteiger partial charge in [0.1, 0.15) is 29.8 Å². The molecule has 0 fully saturated rings. The number of benzene rings is 1. The average molecular weight is 491 g/mol. The van der Waals surface area contributed by atoms with E-state index in [0.29, 0.717) is 11.3 Å². The molecule has 1 aromatic heterocycles. The van der Waals surface area contributed by atoms with Crippen LogP contribution in [-0.4, -0.2) is 48.2 Å². The van der Waals surface area contributed by atoms with Crippen molar-refractivity contribution in [3.05, 3.63) is 47.5 Å². The van der Waals surface area contributed by atoms with Crippen LogP contribution in [0.1, 0.15) is 50.7 Å². The molecule has 0 saturated heterocycles. The molecule has 1 amide bonds. The van der Waals surface area contributed by atoms with Crippen LogP contribution in [0.2, 0.25) is 0 Å². The molecule has 1 unspecified atom stereocenters. The lowest BCUT2D eigenvalue weighted by atomic mass is 10.0. The molecule has 2 aromatic rings. The summed E-state index contributed by atoms with van der Waals surface area (Å²) in [5.74, 6) is -2.14. The molecule has 9 nitrogen and oxygen atoms in total. The predicted molar refractivity (Wildman–Crippen MR) is 125 cm³/mol. The first kappa shape index (κ1) is 27.6. The summed E-state index contributed by atoms with van der Waals surface area (Å²) >= 11 is 0. The van der Waals surface area contributed by atoms with Gasteiger partial charge in [-0.15, -0.1) is 0 Å². The monoisotopic (exact) mass is 490 g/mol. The molecular formula is C25H31FN2O7. The van der Waals surface area contributed by atoms with Gasteiger partial charge in [-0.25, -0.2) is 14.2 Å². The molecule has 1 heterocycles. The first-order valence-corrected chi connectivity index (χ1v) is 11.1. The minimum absolute atomic E-state index is 0.117. The van der Waals surface area contributed by atoms with Crippen molar-refractivity contribution in [2.45, 2.75) is 59.8 Å². The van der Waals surface area contributed by atoms with E-state index in [9.17, 15) is 18.8 Å². The van der Waals surface area contributed by atoms with E-state index in [1.54, 1.807) is 13.8 Å². The van der Waals surface area contributed by atoms with Gasteiger partial charge in [-0.05, 0) is 50.5 Å². The van der Waals surface area contributed by atoms with Gasteiger partial charge in [0, 0.05) is 19.2 Å². The molecule has 0 saturated carbocycles. The average Bonchev–Trinajstić information content (AvgIpc) is 2.78. The maximum absolute atomic E-state index is 13.4. The van der Waals surface area contributed by atoms with Crippen LogP contribution < -0.4 is 19.5 Å². The summed E-state index contributed by atoms with van der Waals surface area (Å²) in [5.41, 5.74) is 0.392. The fourth-order valence-corrected chi connectivity index (χ4v) is 3.34. The number of aromatic nitrogens is 1. The van der Waals surface area contributed by atoms with Crippen molar-refractivity contribution in [3.8, 4) is 17.2 Å². The molecule has 0 aliphatic rings.